The summed E-state index contributed by atoms with van der Waals surface area (Å²) in [6.45, 7) is 11.8. The van der Waals surface area contributed by atoms with Crippen molar-refractivity contribution in [3.8, 4) is 5.75 Å². The Bertz CT molecular complexity index is 1310. The summed E-state index contributed by atoms with van der Waals surface area (Å²) in [4.78, 5) is 35.9. The predicted octanol–water partition coefficient (Wildman–Crippen LogP) is 4.54. The number of nitrogens with one attached hydrogen (secondary N) is 2. The summed E-state index contributed by atoms with van der Waals surface area (Å²) < 4.78 is 12.9. The first-order valence-corrected chi connectivity index (χ1v) is 13.4. The van der Waals surface area contributed by atoms with E-state index in [0.29, 0.717) is 29.9 Å². The second-order valence-electron chi connectivity index (χ2n) is 8.85. The van der Waals surface area contributed by atoms with E-state index in [9.17, 15) is 9.59 Å². The number of carbonyl (C=O) groups is 1. The number of halogens is 1. The van der Waals surface area contributed by atoms with Gasteiger partial charge in [-0.15, -0.1) is 0 Å². The summed E-state index contributed by atoms with van der Waals surface area (Å²) in [6.07, 6.45) is 2.65. The van der Waals surface area contributed by atoms with E-state index in [1.165, 1.54) is 7.05 Å². The first kappa shape index (κ1) is 29.2. The highest BCUT2D eigenvalue weighted by Crippen LogP contribution is 2.29. The van der Waals surface area contributed by atoms with Gasteiger partial charge in [0.05, 0.1) is 24.4 Å². The van der Waals surface area contributed by atoms with Crippen LogP contribution in [0, 0.1) is 0 Å². The number of anilines is 3. The Labute approximate surface area is 228 Å². The summed E-state index contributed by atoms with van der Waals surface area (Å²) in [7, 11) is 1.52. The molecule has 1 atom stereocenters. The zero-order chi connectivity index (χ0) is 27.8. The minimum absolute atomic E-state index is 0.108. The number of rotatable bonds is 8. The molecule has 1 aliphatic rings. The molecule has 0 bridgehead atoms. The number of pyridine rings is 1. The van der Waals surface area contributed by atoms with E-state index >= 15 is 0 Å². The van der Waals surface area contributed by atoms with Gasteiger partial charge in [-0.3, -0.25) is 9.59 Å². The van der Waals surface area contributed by atoms with Gasteiger partial charge in [-0.1, -0.05) is 32.4 Å². The standard InChI is InChI=1S/C25H31ClN6O4.C2H6/c1-5-18-13-31(8-9-35-18)25-28-12-19(26)23(30-25)29-17-6-7-20-16(10-17)11-21(36-14-22(33)27-4)24(34)32(20)15(2)3;1-2/h6-7,10-12,15,18H,5,8-9,13-14H2,1-4H3,(H,27,33)(H,28,29,30);1-2H3. The third kappa shape index (κ3) is 6.73. The molecule has 38 heavy (non-hydrogen) atoms. The second-order valence-corrected chi connectivity index (χ2v) is 9.26. The molecule has 4 rings (SSSR count). The third-order valence-electron chi connectivity index (χ3n) is 6.03. The fourth-order valence-corrected chi connectivity index (χ4v) is 4.25. The minimum atomic E-state index is -0.319. The lowest BCUT2D eigenvalue weighted by Gasteiger charge is -2.32. The van der Waals surface area contributed by atoms with E-state index < -0.39 is 0 Å². The van der Waals surface area contributed by atoms with Crippen LogP contribution in [0.1, 0.15) is 47.1 Å². The molecule has 0 aliphatic carbocycles. The SMILES string of the molecule is CC.CCC1CN(c2ncc(Cl)c(Nc3ccc4c(c3)cc(OCC(=O)NC)c(=O)n4C(C)C)n2)CCO1. The molecule has 3 aromatic rings. The van der Waals surface area contributed by atoms with Gasteiger partial charge in [-0.05, 0) is 44.5 Å². The van der Waals surface area contributed by atoms with Gasteiger partial charge in [0.15, 0.2) is 18.2 Å². The molecule has 0 radical (unpaired) electrons. The topological polar surface area (TPSA) is 111 Å². The van der Waals surface area contributed by atoms with Crippen molar-refractivity contribution in [3.05, 3.63) is 45.8 Å². The van der Waals surface area contributed by atoms with Crippen molar-refractivity contribution in [1.82, 2.24) is 19.9 Å². The lowest BCUT2D eigenvalue weighted by molar-refractivity contribution is -0.122. The summed E-state index contributed by atoms with van der Waals surface area (Å²) in [6, 6.07) is 7.16. The van der Waals surface area contributed by atoms with E-state index in [1.54, 1.807) is 16.8 Å². The number of benzene rings is 1. The number of aromatic nitrogens is 3. The fourth-order valence-electron chi connectivity index (χ4n) is 4.11. The largest absolute Gasteiger partial charge is 0.478 e. The van der Waals surface area contributed by atoms with Gasteiger partial charge in [0, 0.05) is 37.3 Å². The summed E-state index contributed by atoms with van der Waals surface area (Å²) in [5.74, 6) is 0.856. The number of nitrogens with zero attached hydrogens (tertiary/aromatic N) is 4. The summed E-state index contributed by atoms with van der Waals surface area (Å²) in [5, 5.41) is 6.92. The van der Waals surface area contributed by atoms with Gasteiger partial charge in [-0.25, -0.2) is 4.98 Å². The molecule has 1 unspecified atom stereocenters. The minimum Gasteiger partial charge on any atom is -0.478 e. The molecule has 2 N–H and O–H groups in total. The maximum absolute atomic E-state index is 13.0. The Morgan fingerprint density at radius 1 is 1.29 bits per heavy atom. The number of carbonyl (C=O) groups excluding carboxylic acids is 1. The van der Waals surface area contributed by atoms with Crippen LogP contribution in [0.4, 0.5) is 17.5 Å². The van der Waals surface area contributed by atoms with Gasteiger partial charge in [0.2, 0.25) is 5.95 Å². The van der Waals surface area contributed by atoms with E-state index in [1.807, 2.05) is 45.9 Å². The van der Waals surface area contributed by atoms with Crippen molar-refractivity contribution in [3.63, 3.8) is 0 Å². The van der Waals surface area contributed by atoms with Gasteiger partial charge in [0.25, 0.3) is 11.5 Å². The first-order valence-electron chi connectivity index (χ1n) is 13.0. The first-order chi connectivity index (χ1) is 18.3. The van der Waals surface area contributed by atoms with E-state index in [2.05, 4.69) is 32.4 Å². The summed E-state index contributed by atoms with van der Waals surface area (Å²) in [5.41, 5.74) is 1.19. The normalized spacial score (nSPS) is 15.2. The van der Waals surface area contributed by atoms with Crippen LogP contribution in [0.2, 0.25) is 5.02 Å². The van der Waals surface area contributed by atoms with E-state index in [0.717, 1.165) is 29.6 Å². The number of likely N-dealkylation sites (N-methyl/N-ethyl adjacent to an activating group) is 1. The van der Waals surface area contributed by atoms with Crippen LogP contribution in [0.15, 0.2) is 35.3 Å². The molecule has 11 heteroatoms. The third-order valence-corrected chi connectivity index (χ3v) is 6.30. The predicted molar refractivity (Wildman–Crippen MR) is 152 cm³/mol. The van der Waals surface area contributed by atoms with Crippen molar-refractivity contribution >= 4 is 45.9 Å². The monoisotopic (exact) mass is 544 g/mol. The molecule has 1 aromatic carbocycles. The zero-order valence-corrected chi connectivity index (χ0v) is 23.6. The van der Waals surface area contributed by atoms with Crippen LogP contribution >= 0.6 is 11.6 Å². The average Bonchev–Trinajstić information content (AvgIpc) is 2.93. The number of ether oxygens (including phenoxy) is 2. The molecular weight excluding hydrogens is 508 g/mol. The molecule has 1 aliphatic heterocycles. The highest BCUT2D eigenvalue weighted by molar-refractivity contribution is 6.32. The quantitative estimate of drug-likeness (QED) is 0.425. The number of hydrogen-bond acceptors (Lipinski definition) is 8. The van der Waals surface area contributed by atoms with Crippen LogP contribution in [-0.4, -0.2) is 59.9 Å². The number of hydrogen-bond donors (Lipinski definition) is 2. The average molecular weight is 545 g/mol. The molecule has 1 amide bonds. The Kier molecular flexibility index (Phi) is 10.3. The molecule has 1 fully saturated rings. The summed E-state index contributed by atoms with van der Waals surface area (Å²) >= 11 is 6.42. The Morgan fingerprint density at radius 3 is 2.74 bits per heavy atom. The maximum Gasteiger partial charge on any atom is 0.293 e. The van der Waals surface area contributed by atoms with Gasteiger partial charge < -0.3 is 29.6 Å². The van der Waals surface area contributed by atoms with Gasteiger partial charge in [0.1, 0.15) is 5.02 Å². The van der Waals surface area contributed by atoms with Crippen LogP contribution in [0.5, 0.6) is 5.75 Å². The molecule has 1 saturated heterocycles. The Morgan fingerprint density at radius 2 is 2.05 bits per heavy atom. The molecule has 206 valence electrons. The molecule has 2 aromatic heterocycles. The fraction of sp³-hybridized carbons (Fsp3) is 0.481. The molecule has 10 nitrogen and oxygen atoms in total. The van der Waals surface area contributed by atoms with Crippen molar-refractivity contribution in [1.29, 1.82) is 0 Å². The Balaban J connectivity index is 0.00000195. The second kappa shape index (κ2) is 13.4. The van der Waals surface area contributed by atoms with Gasteiger partial charge >= 0.3 is 0 Å². The molecule has 3 heterocycles. The van der Waals surface area contributed by atoms with Crippen LogP contribution in [0.25, 0.3) is 10.9 Å². The van der Waals surface area contributed by atoms with Crippen molar-refractivity contribution in [2.75, 3.05) is 43.6 Å². The van der Waals surface area contributed by atoms with Crippen LogP contribution in [0.3, 0.4) is 0 Å². The highest BCUT2D eigenvalue weighted by atomic mass is 35.5. The molecule has 0 spiro atoms. The van der Waals surface area contributed by atoms with Crippen molar-refractivity contribution in [2.45, 2.75) is 53.2 Å². The maximum atomic E-state index is 13.0. The van der Waals surface area contributed by atoms with Crippen molar-refractivity contribution in [2.24, 2.45) is 0 Å². The zero-order valence-electron chi connectivity index (χ0n) is 22.9. The van der Waals surface area contributed by atoms with Crippen LogP contribution in [-0.2, 0) is 9.53 Å². The lowest BCUT2D eigenvalue weighted by Crippen LogP contribution is -2.43. The van der Waals surface area contributed by atoms with E-state index in [-0.39, 0.29) is 36.0 Å². The van der Waals surface area contributed by atoms with E-state index in [4.69, 9.17) is 21.1 Å². The Hall–Kier alpha value is -3.37. The van der Waals surface area contributed by atoms with Crippen molar-refractivity contribution < 1.29 is 14.3 Å². The number of fused-ring (bicyclic) bond motifs is 1. The molecular formula is C27H37ClN6O4. The highest BCUT2D eigenvalue weighted by Gasteiger charge is 2.22. The van der Waals surface area contributed by atoms with Crippen LogP contribution < -0.4 is 25.8 Å². The number of morpholine rings is 1. The molecule has 0 saturated carbocycles. The smallest absolute Gasteiger partial charge is 0.293 e. The number of amides is 1. The lowest BCUT2D eigenvalue weighted by atomic mass is 10.1. The van der Waals surface area contributed by atoms with Gasteiger partial charge in [-0.2, -0.15) is 4.98 Å².